The molecule has 1 aromatic rings. The summed E-state index contributed by atoms with van der Waals surface area (Å²) in [4.78, 5) is 3.86. The van der Waals surface area contributed by atoms with E-state index in [2.05, 4.69) is 9.64 Å². The fraction of sp³-hybridized carbons (Fsp3) is 0.167. The lowest BCUT2D eigenvalue weighted by Gasteiger charge is -2.06. The van der Waals surface area contributed by atoms with E-state index >= 15 is 0 Å². The predicted molar refractivity (Wildman–Crippen MR) is 44.2 cm³/mol. The molecule has 0 amide bonds. The molecule has 0 saturated heterocycles. The molecule has 12 heavy (non-hydrogen) atoms. The van der Waals surface area contributed by atoms with Crippen molar-refractivity contribution in [1.82, 2.24) is 4.98 Å². The summed E-state index contributed by atoms with van der Waals surface area (Å²) in [5, 5.41) is 16.9. The Labute approximate surface area is 70.0 Å². The Morgan fingerprint density at radius 1 is 1.50 bits per heavy atom. The number of nitrogens with two attached hydrogens (primary N) is 1. The number of hydrogen-bond donors (Lipinski definition) is 3. The van der Waals surface area contributed by atoms with Gasteiger partial charge in [-0.25, -0.2) is 4.98 Å². The van der Waals surface area contributed by atoms with Crippen LogP contribution in [-0.4, -0.2) is 22.4 Å². The SMILES string of the molecule is Cc1nc(N)ccc1OB(O)O. The van der Waals surface area contributed by atoms with E-state index in [9.17, 15) is 0 Å². The second-order valence-electron chi connectivity index (χ2n) is 2.26. The van der Waals surface area contributed by atoms with E-state index in [0.717, 1.165) is 0 Å². The van der Waals surface area contributed by atoms with E-state index < -0.39 is 7.32 Å². The number of pyridine rings is 1. The molecule has 0 atom stereocenters. The summed E-state index contributed by atoms with van der Waals surface area (Å²) >= 11 is 0. The lowest BCUT2D eigenvalue weighted by Crippen LogP contribution is -2.21. The highest BCUT2D eigenvalue weighted by atomic mass is 16.6. The van der Waals surface area contributed by atoms with Gasteiger partial charge in [-0.05, 0) is 19.1 Å². The van der Waals surface area contributed by atoms with Gasteiger partial charge < -0.3 is 20.4 Å². The monoisotopic (exact) mass is 168 g/mol. The zero-order valence-electron chi connectivity index (χ0n) is 6.56. The Balaban J connectivity index is 2.86. The van der Waals surface area contributed by atoms with Crippen LogP contribution in [0.3, 0.4) is 0 Å². The number of hydrogen-bond acceptors (Lipinski definition) is 5. The topological polar surface area (TPSA) is 88.6 Å². The van der Waals surface area contributed by atoms with E-state index in [-0.39, 0.29) is 0 Å². The lowest BCUT2D eigenvalue weighted by molar-refractivity contribution is 0.287. The Bertz CT molecular complexity index is 279. The lowest BCUT2D eigenvalue weighted by atomic mass is 10.2. The number of aromatic nitrogens is 1. The van der Waals surface area contributed by atoms with Crippen LogP contribution >= 0.6 is 0 Å². The van der Waals surface area contributed by atoms with E-state index in [1.165, 1.54) is 12.1 Å². The van der Waals surface area contributed by atoms with Crippen molar-refractivity contribution in [3.63, 3.8) is 0 Å². The summed E-state index contributed by atoms with van der Waals surface area (Å²) in [5.41, 5.74) is 5.88. The second-order valence-corrected chi connectivity index (χ2v) is 2.26. The van der Waals surface area contributed by atoms with Crippen molar-refractivity contribution in [2.24, 2.45) is 0 Å². The summed E-state index contributed by atoms with van der Waals surface area (Å²) in [7, 11) is -1.82. The summed E-state index contributed by atoms with van der Waals surface area (Å²) in [6.07, 6.45) is 0. The molecule has 1 heterocycles. The van der Waals surface area contributed by atoms with Gasteiger partial charge >= 0.3 is 7.32 Å². The first-order valence-corrected chi connectivity index (χ1v) is 3.35. The molecule has 4 N–H and O–H groups in total. The van der Waals surface area contributed by atoms with E-state index in [4.69, 9.17) is 15.8 Å². The van der Waals surface area contributed by atoms with Gasteiger partial charge in [0.15, 0.2) is 0 Å². The molecule has 0 bridgehead atoms. The maximum Gasteiger partial charge on any atom is 0.707 e. The summed E-state index contributed by atoms with van der Waals surface area (Å²) in [6, 6.07) is 3.04. The smallest absolute Gasteiger partial charge is 0.510 e. The Morgan fingerprint density at radius 2 is 2.17 bits per heavy atom. The van der Waals surface area contributed by atoms with Crippen molar-refractivity contribution < 1.29 is 14.7 Å². The molecule has 0 aliphatic rings. The predicted octanol–water partition coefficient (Wildman–Crippen LogP) is -0.679. The number of rotatable bonds is 2. The fourth-order valence-corrected chi connectivity index (χ4v) is 0.806. The molecule has 0 unspecified atom stereocenters. The van der Waals surface area contributed by atoms with Gasteiger partial charge in [-0.1, -0.05) is 0 Å². The Morgan fingerprint density at radius 3 is 2.67 bits per heavy atom. The largest absolute Gasteiger partial charge is 0.707 e. The molecule has 0 aliphatic carbocycles. The van der Waals surface area contributed by atoms with Crippen LogP contribution in [0.4, 0.5) is 5.82 Å². The molecule has 1 rings (SSSR count). The first-order valence-electron chi connectivity index (χ1n) is 3.35. The minimum absolute atomic E-state index is 0.305. The molecule has 0 saturated carbocycles. The molecular formula is C6H9BN2O3. The zero-order valence-corrected chi connectivity index (χ0v) is 6.56. The van der Waals surface area contributed by atoms with Crippen molar-refractivity contribution in [3.05, 3.63) is 17.8 Å². The third-order valence-corrected chi connectivity index (χ3v) is 1.29. The van der Waals surface area contributed by atoms with E-state index in [1.54, 1.807) is 6.92 Å². The van der Waals surface area contributed by atoms with Gasteiger partial charge in [0, 0.05) is 0 Å². The van der Waals surface area contributed by atoms with Crippen molar-refractivity contribution in [3.8, 4) is 5.75 Å². The number of anilines is 1. The Kier molecular flexibility index (Phi) is 2.52. The third-order valence-electron chi connectivity index (χ3n) is 1.29. The van der Waals surface area contributed by atoms with Crippen molar-refractivity contribution in [1.29, 1.82) is 0 Å². The molecule has 0 spiro atoms. The van der Waals surface area contributed by atoms with E-state index in [1.807, 2.05) is 0 Å². The van der Waals surface area contributed by atoms with Crippen LogP contribution < -0.4 is 10.4 Å². The second kappa shape index (κ2) is 3.42. The normalized spacial score (nSPS) is 9.58. The van der Waals surface area contributed by atoms with E-state index in [0.29, 0.717) is 17.3 Å². The molecular weight excluding hydrogens is 159 g/mol. The van der Waals surface area contributed by atoms with Crippen molar-refractivity contribution in [2.75, 3.05) is 5.73 Å². The first-order chi connectivity index (χ1) is 5.59. The zero-order chi connectivity index (χ0) is 9.14. The highest BCUT2D eigenvalue weighted by molar-refractivity contribution is 6.33. The van der Waals surface area contributed by atoms with Crippen molar-refractivity contribution >= 4 is 13.1 Å². The highest BCUT2D eigenvalue weighted by Crippen LogP contribution is 2.16. The van der Waals surface area contributed by atoms with Gasteiger partial charge in [0.25, 0.3) is 0 Å². The average Bonchev–Trinajstić information content (AvgIpc) is 1.94. The first kappa shape index (κ1) is 8.83. The standard InChI is InChI=1S/C6H9BN2O3/c1-4-5(12-7(10)11)2-3-6(8)9-4/h2-3,10-11H,1H3,(H2,8,9). The highest BCUT2D eigenvalue weighted by Gasteiger charge is 2.12. The van der Waals surface area contributed by atoms with Crippen LogP contribution in [0, 0.1) is 6.92 Å². The molecule has 0 fully saturated rings. The average molecular weight is 168 g/mol. The molecule has 0 radical (unpaired) electrons. The van der Waals surface area contributed by atoms with Gasteiger partial charge in [0.1, 0.15) is 11.6 Å². The summed E-state index contributed by atoms with van der Waals surface area (Å²) in [6.45, 7) is 1.66. The fourth-order valence-electron chi connectivity index (χ4n) is 0.806. The molecule has 6 heteroatoms. The molecule has 0 aliphatic heterocycles. The van der Waals surface area contributed by atoms with Gasteiger partial charge in [0.05, 0.1) is 5.69 Å². The molecule has 1 aromatic heterocycles. The molecule has 5 nitrogen and oxygen atoms in total. The van der Waals surface area contributed by atoms with Gasteiger partial charge in [0.2, 0.25) is 0 Å². The van der Waals surface area contributed by atoms with Gasteiger partial charge in [-0.2, -0.15) is 0 Å². The summed E-state index contributed by atoms with van der Waals surface area (Å²) < 4.78 is 4.59. The van der Waals surface area contributed by atoms with Crippen LogP contribution in [0.15, 0.2) is 12.1 Å². The van der Waals surface area contributed by atoms with Crippen LogP contribution in [0.25, 0.3) is 0 Å². The van der Waals surface area contributed by atoms with Crippen molar-refractivity contribution in [2.45, 2.75) is 6.92 Å². The van der Waals surface area contributed by atoms with Crippen LogP contribution in [0.1, 0.15) is 5.69 Å². The number of aryl methyl sites for hydroxylation is 1. The maximum absolute atomic E-state index is 8.47. The molecule has 0 aromatic carbocycles. The Hall–Kier alpha value is -1.27. The quantitative estimate of drug-likeness (QED) is 0.509. The number of nitrogen functional groups attached to an aromatic ring is 1. The maximum atomic E-state index is 8.47. The van der Waals surface area contributed by atoms with Crippen LogP contribution in [0.2, 0.25) is 0 Å². The molecule has 64 valence electrons. The summed E-state index contributed by atoms with van der Waals surface area (Å²) in [5.74, 6) is 0.673. The van der Waals surface area contributed by atoms with Gasteiger partial charge in [-0.3, -0.25) is 0 Å². The third kappa shape index (κ3) is 2.11. The van der Waals surface area contributed by atoms with Crippen LogP contribution in [-0.2, 0) is 0 Å². The minimum atomic E-state index is -1.82. The number of nitrogens with zero attached hydrogens (tertiary/aromatic N) is 1. The minimum Gasteiger partial charge on any atom is -0.510 e. The van der Waals surface area contributed by atoms with Gasteiger partial charge in [-0.15, -0.1) is 0 Å². The van der Waals surface area contributed by atoms with Crippen LogP contribution in [0.5, 0.6) is 5.75 Å².